The number of nitrogens with zero attached hydrogens (tertiary/aromatic N) is 4. The Bertz CT molecular complexity index is 780. The molecule has 34 heavy (non-hydrogen) atoms. The number of hydrogen-bond acceptors (Lipinski definition) is 6. The van der Waals surface area contributed by atoms with E-state index in [0.29, 0.717) is 37.8 Å². The zero-order valence-corrected chi connectivity index (χ0v) is 20.7. The molecule has 0 aromatic heterocycles. The van der Waals surface area contributed by atoms with Gasteiger partial charge in [-0.25, -0.2) is 4.79 Å². The molecule has 0 aromatic rings. The summed E-state index contributed by atoms with van der Waals surface area (Å²) in [6, 6.07) is -0.531. The van der Waals surface area contributed by atoms with Crippen molar-refractivity contribution in [2.24, 2.45) is 11.8 Å². The lowest BCUT2D eigenvalue weighted by atomic mass is 9.82. The van der Waals surface area contributed by atoms with Crippen molar-refractivity contribution < 1.29 is 19.2 Å². The van der Waals surface area contributed by atoms with Gasteiger partial charge < -0.3 is 15.1 Å². The molecule has 4 aliphatic rings. The molecule has 1 saturated carbocycles. The van der Waals surface area contributed by atoms with Crippen LogP contribution in [0.2, 0.25) is 0 Å². The fraction of sp³-hybridized carbons (Fsp3) is 0.833. The number of carbonyl (C=O) groups is 4. The number of piperazine rings is 1. The lowest BCUT2D eigenvalue weighted by Gasteiger charge is -2.38. The van der Waals surface area contributed by atoms with Crippen LogP contribution in [0, 0.1) is 11.8 Å². The standard InChI is InChI=1S/C24H40N6O4/c1-18-14-19(2)16-29(15-18)21(32)17-28-12-10-27(11-13-28)9-6-20(31)26-30-22(33)24(25-23(30)34)7-4-3-5-8-24/h18-19H,3-17H2,1-2H3,(H,25,34)(H,26,31). The summed E-state index contributed by atoms with van der Waals surface area (Å²) >= 11 is 0. The number of urea groups is 1. The molecule has 2 atom stereocenters. The lowest BCUT2D eigenvalue weighted by molar-refractivity contribution is -0.140. The largest absolute Gasteiger partial charge is 0.344 e. The molecule has 1 spiro atoms. The van der Waals surface area contributed by atoms with Crippen LogP contribution in [0.1, 0.15) is 58.8 Å². The van der Waals surface area contributed by atoms with Gasteiger partial charge in [0.2, 0.25) is 11.8 Å². The molecule has 2 N–H and O–H groups in total. The van der Waals surface area contributed by atoms with E-state index < -0.39 is 11.6 Å². The van der Waals surface area contributed by atoms with Crippen LogP contribution in [0.15, 0.2) is 0 Å². The molecule has 4 rings (SSSR count). The average Bonchev–Trinajstić information content (AvgIpc) is 3.02. The fourth-order valence-corrected chi connectivity index (χ4v) is 5.99. The van der Waals surface area contributed by atoms with Gasteiger partial charge >= 0.3 is 6.03 Å². The van der Waals surface area contributed by atoms with E-state index in [4.69, 9.17) is 0 Å². The van der Waals surface area contributed by atoms with E-state index in [9.17, 15) is 19.2 Å². The van der Waals surface area contributed by atoms with Crippen molar-refractivity contribution in [1.29, 1.82) is 0 Å². The number of likely N-dealkylation sites (tertiary alicyclic amines) is 1. The Hall–Kier alpha value is -2.20. The van der Waals surface area contributed by atoms with Crippen molar-refractivity contribution in [1.82, 2.24) is 30.5 Å². The Morgan fingerprint density at radius 3 is 2.24 bits per heavy atom. The van der Waals surface area contributed by atoms with Crippen LogP contribution in [0.25, 0.3) is 0 Å². The first-order valence-electron chi connectivity index (χ1n) is 12.9. The van der Waals surface area contributed by atoms with E-state index in [1.165, 1.54) is 6.42 Å². The number of imide groups is 1. The molecule has 0 bridgehead atoms. The van der Waals surface area contributed by atoms with Crippen molar-refractivity contribution in [2.45, 2.75) is 64.3 Å². The zero-order chi connectivity index (χ0) is 24.3. The molecule has 0 aromatic carbocycles. The second kappa shape index (κ2) is 10.6. The highest BCUT2D eigenvalue weighted by atomic mass is 16.2. The number of hydrazine groups is 1. The van der Waals surface area contributed by atoms with E-state index in [1.54, 1.807) is 0 Å². The summed E-state index contributed by atoms with van der Waals surface area (Å²) in [4.78, 5) is 56.7. The SMILES string of the molecule is CC1CC(C)CN(C(=O)CN2CCN(CCC(=O)NN3C(=O)NC4(CCCCC4)C3=O)CC2)C1. The van der Waals surface area contributed by atoms with Gasteiger partial charge in [-0.1, -0.05) is 33.1 Å². The Morgan fingerprint density at radius 1 is 0.971 bits per heavy atom. The molecular formula is C24H40N6O4. The minimum absolute atomic E-state index is 0.215. The summed E-state index contributed by atoms with van der Waals surface area (Å²) in [7, 11) is 0. The second-order valence-electron chi connectivity index (χ2n) is 10.9. The highest BCUT2D eigenvalue weighted by molar-refractivity contribution is 6.08. The average molecular weight is 477 g/mol. The second-order valence-corrected chi connectivity index (χ2v) is 10.9. The number of hydrogen-bond donors (Lipinski definition) is 2. The lowest BCUT2D eigenvalue weighted by Crippen LogP contribution is -2.53. The molecule has 3 heterocycles. The monoisotopic (exact) mass is 476 g/mol. The first kappa shape index (κ1) is 24.9. The van der Waals surface area contributed by atoms with Crippen molar-refractivity contribution >= 4 is 23.8 Å². The highest BCUT2D eigenvalue weighted by Gasteiger charge is 2.52. The summed E-state index contributed by atoms with van der Waals surface area (Å²) < 4.78 is 0. The molecule has 1 aliphatic carbocycles. The molecule has 0 radical (unpaired) electrons. The Balaban J connectivity index is 1.16. The summed E-state index contributed by atoms with van der Waals surface area (Å²) in [6.45, 7) is 10.3. The molecule has 10 heteroatoms. The van der Waals surface area contributed by atoms with Crippen LogP contribution in [-0.2, 0) is 14.4 Å². The van der Waals surface area contributed by atoms with Crippen molar-refractivity contribution in [3.05, 3.63) is 0 Å². The molecule has 190 valence electrons. The molecule has 10 nitrogen and oxygen atoms in total. The Morgan fingerprint density at radius 2 is 1.59 bits per heavy atom. The van der Waals surface area contributed by atoms with Gasteiger partial charge in [-0.3, -0.25) is 24.7 Å². The van der Waals surface area contributed by atoms with Gasteiger partial charge in [-0.15, -0.1) is 0 Å². The van der Waals surface area contributed by atoms with Crippen LogP contribution in [0.3, 0.4) is 0 Å². The van der Waals surface area contributed by atoms with Gasteiger partial charge in [-0.2, -0.15) is 5.01 Å². The third kappa shape index (κ3) is 5.71. The van der Waals surface area contributed by atoms with Gasteiger partial charge in [-0.05, 0) is 31.1 Å². The Kier molecular flexibility index (Phi) is 7.77. The Labute approximate surface area is 202 Å². The van der Waals surface area contributed by atoms with E-state index in [-0.39, 0.29) is 24.1 Å². The van der Waals surface area contributed by atoms with E-state index in [0.717, 1.165) is 63.5 Å². The van der Waals surface area contributed by atoms with Gasteiger partial charge in [0.25, 0.3) is 5.91 Å². The molecule has 4 fully saturated rings. The zero-order valence-electron chi connectivity index (χ0n) is 20.7. The molecule has 2 unspecified atom stereocenters. The third-order valence-corrected chi connectivity index (χ3v) is 7.81. The van der Waals surface area contributed by atoms with Crippen molar-refractivity contribution in [3.8, 4) is 0 Å². The number of rotatable bonds is 6. The number of piperidine rings is 1. The predicted octanol–water partition coefficient (Wildman–Crippen LogP) is 0.785. The maximum Gasteiger partial charge on any atom is 0.344 e. The smallest absolute Gasteiger partial charge is 0.341 e. The van der Waals surface area contributed by atoms with Gasteiger partial charge in [0.1, 0.15) is 5.54 Å². The number of amides is 5. The number of carbonyl (C=O) groups excluding carboxylic acids is 4. The highest BCUT2D eigenvalue weighted by Crippen LogP contribution is 2.33. The molecule has 3 aliphatic heterocycles. The third-order valence-electron chi connectivity index (χ3n) is 7.81. The summed E-state index contributed by atoms with van der Waals surface area (Å²) in [5, 5.41) is 3.68. The van der Waals surface area contributed by atoms with Crippen LogP contribution >= 0.6 is 0 Å². The molecular weight excluding hydrogens is 436 g/mol. The first-order chi connectivity index (χ1) is 16.3. The fourth-order valence-electron chi connectivity index (χ4n) is 5.99. The quantitative estimate of drug-likeness (QED) is 0.549. The van der Waals surface area contributed by atoms with Gasteiger partial charge in [0, 0.05) is 52.2 Å². The van der Waals surface area contributed by atoms with Gasteiger partial charge in [0.05, 0.1) is 6.54 Å². The maximum atomic E-state index is 12.8. The molecule has 5 amide bonds. The topological polar surface area (TPSA) is 105 Å². The van der Waals surface area contributed by atoms with E-state index >= 15 is 0 Å². The summed E-state index contributed by atoms with van der Waals surface area (Å²) in [5.74, 6) is 0.677. The number of nitrogens with one attached hydrogen (secondary N) is 2. The van der Waals surface area contributed by atoms with E-state index in [1.807, 2.05) is 4.90 Å². The minimum Gasteiger partial charge on any atom is -0.341 e. The van der Waals surface area contributed by atoms with Gasteiger partial charge in [0.15, 0.2) is 0 Å². The van der Waals surface area contributed by atoms with Crippen LogP contribution in [-0.4, -0.2) is 101 Å². The normalized spacial score (nSPS) is 28.3. The van der Waals surface area contributed by atoms with Crippen LogP contribution in [0.4, 0.5) is 4.79 Å². The summed E-state index contributed by atoms with van der Waals surface area (Å²) in [6.07, 6.45) is 5.54. The molecule has 3 saturated heterocycles. The maximum absolute atomic E-state index is 12.8. The predicted molar refractivity (Wildman–Crippen MR) is 126 cm³/mol. The van der Waals surface area contributed by atoms with Crippen molar-refractivity contribution in [2.75, 3.05) is 52.4 Å². The minimum atomic E-state index is -0.833. The van der Waals surface area contributed by atoms with Crippen LogP contribution < -0.4 is 10.7 Å². The first-order valence-corrected chi connectivity index (χ1v) is 12.9. The van der Waals surface area contributed by atoms with Crippen molar-refractivity contribution in [3.63, 3.8) is 0 Å². The van der Waals surface area contributed by atoms with Crippen LogP contribution in [0.5, 0.6) is 0 Å². The summed E-state index contributed by atoms with van der Waals surface area (Å²) in [5.41, 5.74) is 1.68. The van der Waals surface area contributed by atoms with E-state index in [2.05, 4.69) is 34.4 Å².